The Balaban J connectivity index is 3.53. The molecule has 0 saturated carbocycles. The van der Waals surface area contributed by atoms with E-state index in [1.54, 1.807) is 0 Å². The molecule has 0 aliphatic heterocycles. The van der Waals surface area contributed by atoms with Crippen molar-refractivity contribution in [2.24, 2.45) is 11.1 Å². The Morgan fingerprint density at radius 3 is 2.53 bits per heavy atom. The molecule has 0 radical (unpaired) electrons. The van der Waals surface area contributed by atoms with Gasteiger partial charge in [-0.3, -0.25) is 4.79 Å². The van der Waals surface area contributed by atoms with Crippen LogP contribution in [0.25, 0.3) is 0 Å². The average molecular weight is 244 g/mol. The Hall–Kier alpha value is -0.610. The second-order valence-electron chi connectivity index (χ2n) is 5.49. The smallest absolute Gasteiger partial charge is 0.221 e. The van der Waals surface area contributed by atoms with Crippen molar-refractivity contribution in [2.45, 2.75) is 53.0 Å². The third kappa shape index (κ3) is 9.12. The van der Waals surface area contributed by atoms with Crippen molar-refractivity contribution in [2.75, 3.05) is 19.8 Å². The summed E-state index contributed by atoms with van der Waals surface area (Å²) < 4.78 is 5.32. The van der Waals surface area contributed by atoms with Gasteiger partial charge in [0, 0.05) is 32.2 Å². The first kappa shape index (κ1) is 16.4. The van der Waals surface area contributed by atoms with E-state index < -0.39 is 0 Å². The van der Waals surface area contributed by atoms with Crippen molar-refractivity contribution in [1.29, 1.82) is 0 Å². The first-order valence-electron chi connectivity index (χ1n) is 6.48. The van der Waals surface area contributed by atoms with E-state index in [1.807, 2.05) is 20.8 Å². The fraction of sp³-hybridized carbons (Fsp3) is 0.923. The van der Waals surface area contributed by atoms with Gasteiger partial charge in [0.15, 0.2) is 0 Å². The molecule has 0 heterocycles. The molecular formula is C13H28N2O2. The van der Waals surface area contributed by atoms with Crippen LogP contribution in [0.3, 0.4) is 0 Å². The number of nitrogens with one attached hydrogen (secondary N) is 1. The van der Waals surface area contributed by atoms with Crippen LogP contribution in [-0.2, 0) is 9.53 Å². The van der Waals surface area contributed by atoms with E-state index in [-0.39, 0.29) is 17.4 Å². The van der Waals surface area contributed by atoms with Gasteiger partial charge in [0.1, 0.15) is 0 Å². The lowest BCUT2D eigenvalue weighted by atomic mass is 9.85. The molecule has 0 rings (SSSR count). The molecule has 1 amide bonds. The van der Waals surface area contributed by atoms with Crippen molar-refractivity contribution in [3.05, 3.63) is 0 Å². The molecule has 0 aromatic heterocycles. The summed E-state index contributed by atoms with van der Waals surface area (Å²) in [6.45, 7) is 10.4. The summed E-state index contributed by atoms with van der Waals surface area (Å²) in [5.74, 6) is 0.0305. The van der Waals surface area contributed by atoms with Gasteiger partial charge in [-0.2, -0.15) is 0 Å². The maximum atomic E-state index is 11.6. The van der Waals surface area contributed by atoms with E-state index >= 15 is 0 Å². The van der Waals surface area contributed by atoms with Gasteiger partial charge in [0.25, 0.3) is 0 Å². The number of hydrogen-bond acceptors (Lipinski definition) is 3. The molecule has 1 atom stereocenters. The molecule has 0 aromatic rings. The van der Waals surface area contributed by atoms with Crippen molar-refractivity contribution in [3.63, 3.8) is 0 Å². The third-order valence-electron chi connectivity index (χ3n) is 2.65. The second-order valence-corrected chi connectivity index (χ2v) is 5.49. The summed E-state index contributed by atoms with van der Waals surface area (Å²) in [4.78, 5) is 11.6. The Morgan fingerprint density at radius 1 is 1.35 bits per heavy atom. The molecule has 102 valence electrons. The van der Waals surface area contributed by atoms with Crippen LogP contribution < -0.4 is 11.1 Å². The van der Waals surface area contributed by atoms with Crippen LogP contribution in [0.4, 0.5) is 0 Å². The highest BCUT2D eigenvalue weighted by atomic mass is 16.5. The van der Waals surface area contributed by atoms with E-state index in [0.717, 1.165) is 19.4 Å². The number of ether oxygens (including phenoxy) is 1. The van der Waals surface area contributed by atoms with Crippen molar-refractivity contribution < 1.29 is 9.53 Å². The standard InChI is InChI=1S/C13H28N2O2/c1-5-8-17-9-6-7-15-12(16)10-11(14)13(2,3)4/h11H,5-10,14H2,1-4H3,(H,15,16). The normalized spacial score (nSPS) is 13.5. The fourth-order valence-electron chi connectivity index (χ4n) is 1.23. The first-order chi connectivity index (χ1) is 7.88. The zero-order chi connectivity index (χ0) is 13.3. The highest BCUT2D eigenvalue weighted by Crippen LogP contribution is 2.19. The van der Waals surface area contributed by atoms with Gasteiger partial charge in [0.2, 0.25) is 5.91 Å². The second kappa shape index (κ2) is 8.48. The van der Waals surface area contributed by atoms with Gasteiger partial charge in [-0.1, -0.05) is 27.7 Å². The fourth-order valence-corrected chi connectivity index (χ4v) is 1.23. The van der Waals surface area contributed by atoms with Crippen LogP contribution in [0, 0.1) is 5.41 Å². The van der Waals surface area contributed by atoms with Crippen molar-refractivity contribution >= 4 is 5.91 Å². The van der Waals surface area contributed by atoms with Crippen molar-refractivity contribution in [3.8, 4) is 0 Å². The lowest BCUT2D eigenvalue weighted by Crippen LogP contribution is -2.40. The predicted octanol–water partition coefficient (Wildman–Crippen LogP) is 1.68. The van der Waals surface area contributed by atoms with Gasteiger partial charge < -0.3 is 15.8 Å². The summed E-state index contributed by atoms with van der Waals surface area (Å²) in [5.41, 5.74) is 5.91. The minimum Gasteiger partial charge on any atom is -0.381 e. The summed E-state index contributed by atoms with van der Waals surface area (Å²) in [6, 6.07) is -0.0983. The highest BCUT2D eigenvalue weighted by molar-refractivity contribution is 5.76. The number of rotatable bonds is 8. The van der Waals surface area contributed by atoms with Gasteiger partial charge in [0.05, 0.1) is 0 Å². The minimum atomic E-state index is -0.0983. The molecule has 0 aromatic carbocycles. The molecule has 4 nitrogen and oxygen atoms in total. The van der Waals surface area contributed by atoms with Crippen LogP contribution in [0.2, 0.25) is 0 Å². The summed E-state index contributed by atoms with van der Waals surface area (Å²) in [6.07, 6.45) is 2.28. The number of carbonyl (C=O) groups is 1. The number of amides is 1. The highest BCUT2D eigenvalue weighted by Gasteiger charge is 2.22. The average Bonchev–Trinajstić information content (AvgIpc) is 2.21. The Labute approximate surface area is 105 Å². The maximum absolute atomic E-state index is 11.6. The Kier molecular flexibility index (Phi) is 8.17. The van der Waals surface area contributed by atoms with Crippen LogP contribution in [0.1, 0.15) is 47.0 Å². The number of carbonyl (C=O) groups excluding carboxylic acids is 1. The van der Waals surface area contributed by atoms with Crippen LogP contribution >= 0.6 is 0 Å². The van der Waals surface area contributed by atoms with Gasteiger partial charge >= 0.3 is 0 Å². The lowest BCUT2D eigenvalue weighted by molar-refractivity contribution is -0.122. The zero-order valence-electron chi connectivity index (χ0n) is 11.7. The van der Waals surface area contributed by atoms with E-state index in [9.17, 15) is 4.79 Å². The van der Waals surface area contributed by atoms with E-state index in [1.165, 1.54) is 0 Å². The molecule has 17 heavy (non-hydrogen) atoms. The van der Waals surface area contributed by atoms with Gasteiger partial charge in [-0.15, -0.1) is 0 Å². The van der Waals surface area contributed by atoms with Crippen LogP contribution in [-0.4, -0.2) is 31.7 Å². The number of hydrogen-bond donors (Lipinski definition) is 2. The summed E-state index contributed by atoms with van der Waals surface area (Å²) in [5, 5.41) is 2.86. The first-order valence-corrected chi connectivity index (χ1v) is 6.48. The maximum Gasteiger partial charge on any atom is 0.221 e. The largest absolute Gasteiger partial charge is 0.381 e. The molecule has 0 bridgehead atoms. The van der Waals surface area contributed by atoms with E-state index in [0.29, 0.717) is 19.6 Å². The molecular weight excluding hydrogens is 216 g/mol. The molecule has 0 spiro atoms. The third-order valence-corrected chi connectivity index (χ3v) is 2.65. The predicted molar refractivity (Wildman–Crippen MR) is 70.8 cm³/mol. The SMILES string of the molecule is CCCOCCCNC(=O)CC(N)C(C)(C)C. The Bertz CT molecular complexity index is 212. The van der Waals surface area contributed by atoms with E-state index in [2.05, 4.69) is 12.2 Å². The molecule has 0 aliphatic rings. The number of nitrogens with two attached hydrogens (primary N) is 1. The molecule has 1 unspecified atom stereocenters. The zero-order valence-corrected chi connectivity index (χ0v) is 11.7. The minimum absolute atomic E-state index is 0.0262. The monoisotopic (exact) mass is 244 g/mol. The molecule has 4 heteroatoms. The Morgan fingerprint density at radius 2 is 2.00 bits per heavy atom. The van der Waals surface area contributed by atoms with Gasteiger partial charge in [-0.05, 0) is 18.3 Å². The molecule has 3 N–H and O–H groups in total. The summed E-state index contributed by atoms with van der Waals surface area (Å²) in [7, 11) is 0. The van der Waals surface area contributed by atoms with Gasteiger partial charge in [-0.25, -0.2) is 0 Å². The lowest BCUT2D eigenvalue weighted by Gasteiger charge is -2.26. The van der Waals surface area contributed by atoms with Crippen LogP contribution in [0.15, 0.2) is 0 Å². The van der Waals surface area contributed by atoms with E-state index in [4.69, 9.17) is 10.5 Å². The quantitative estimate of drug-likeness (QED) is 0.639. The molecule has 0 aliphatic carbocycles. The molecule has 0 fully saturated rings. The topological polar surface area (TPSA) is 64.3 Å². The molecule has 0 saturated heterocycles. The summed E-state index contributed by atoms with van der Waals surface area (Å²) >= 11 is 0. The van der Waals surface area contributed by atoms with Crippen LogP contribution in [0.5, 0.6) is 0 Å². The van der Waals surface area contributed by atoms with Crippen molar-refractivity contribution in [1.82, 2.24) is 5.32 Å².